The van der Waals surface area contributed by atoms with E-state index < -0.39 is 23.7 Å². The highest BCUT2D eigenvalue weighted by Gasteiger charge is 2.41. The molecule has 2 atom stereocenters. The highest BCUT2D eigenvalue weighted by atomic mass is 16.6. The van der Waals surface area contributed by atoms with Crippen molar-refractivity contribution in [3.63, 3.8) is 0 Å². The van der Waals surface area contributed by atoms with Gasteiger partial charge in [0.2, 0.25) is 0 Å². The first-order valence-electron chi connectivity index (χ1n) is 7.30. The van der Waals surface area contributed by atoms with Crippen molar-refractivity contribution < 1.29 is 19.4 Å². The first kappa shape index (κ1) is 16.1. The number of nitrogens with zero attached hydrogens (tertiary/aromatic N) is 1. The number of carboxylic acid groups (broad SMARTS) is 1. The maximum Gasteiger partial charge on any atom is 0.411 e. The third kappa shape index (κ3) is 4.13. The van der Waals surface area contributed by atoms with Crippen LogP contribution in [0.5, 0.6) is 0 Å². The van der Waals surface area contributed by atoms with Crippen molar-refractivity contribution in [2.75, 3.05) is 11.9 Å². The number of nitrogens with one attached hydrogen (secondary N) is 1. The Morgan fingerprint density at radius 3 is 2.45 bits per heavy atom. The van der Waals surface area contributed by atoms with Gasteiger partial charge in [-0.3, -0.25) is 4.90 Å². The van der Waals surface area contributed by atoms with Gasteiger partial charge in [-0.1, -0.05) is 18.2 Å². The molecule has 1 aromatic carbocycles. The van der Waals surface area contributed by atoms with Gasteiger partial charge in [-0.15, -0.1) is 0 Å². The number of carboxylic acids is 1. The zero-order valence-corrected chi connectivity index (χ0v) is 13.1. The van der Waals surface area contributed by atoms with Gasteiger partial charge in [-0.2, -0.15) is 0 Å². The lowest BCUT2D eigenvalue weighted by Crippen LogP contribution is -2.43. The lowest BCUT2D eigenvalue weighted by atomic mass is 10.1. The molecule has 1 unspecified atom stereocenters. The van der Waals surface area contributed by atoms with E-state index in [9.17, 15) is 14.7 Å². The molecule has 6 heteroatoms. The Morgan fingerprint density at radius 2 is 1.91 bits per heavy atom. The SMILES string of the molecule is CC(C)(C)OC(=O)N1C[C@H](Nc2ccccc2)CC1C(=O)O. The number of anilines is 1. The molecule has 2 rings (SSSR count). The van der Waals surface area contributed by atoms with Crippen molar-refractivity contribution in [1.29, 1.82) is 0 Å². The number of likely N-dealkylation sites (tertiary alicyclic amines) is 1. The molecule has 120 valence electrons. The number of carbonyl (C=O) groups is 2. The fraction of sp³-hybridized carbons (Fsp3) is 0.500. The quantitative estimate of drug-likeness (QED) is 0.897. The molecule has 1 heterocycles. The first-order chi connectivity index (χ1) is 10.3. The van der Waals surface area contributed by atoms with Crippen molar-refractivity contribution >= 4 is 17.7 Å². The van der Waals surface area contributed by atoms with Crippen LogP contribution in [0.1, 0.15) is 27.2 Å². The molecule has 2 N–H and O–H groups in total. The Labute approximate surface area is 130 Å². The average Bonchev–Trinajstić information content (AvgIpc) is 2.82. The summed E-state index contributed by atoms with van der Waals surface area (Å²) in [6, 6.07) is 8.55. The Bertz CT molecular complexity index is 539. The number of amides is 1. The molecule has 1 amide bonds. The molecule has 0 spiro atoms. The number of hydrogen-bond acceptors (Lipinski definition) is 4. The van der Waals surface area contributed by atoms with E-state index in [-0.39, 0.29) is 6.04 Å². The molecule has 0 aromatic heterocycles. The predicted octanol–water partition coefficient (Wildman–Crippen LogP) is 2.56. The topological polar surface area (TPSA) is 78.9 Å². The standard InChI is InChI=1S/C16H22N2O4/c1-16(2,3)22-15(21)18-10-12(9-13(18)14(19)20)17-11-7-5-4-6-8-11/h4-8,12-13,17H,9-10H2,1-3H3,(H,19,20)/t12-,13?/m1/s1. The van der Waals surface area contributed by atoms with E-state index in [1.165, 1.54) is 4.90 Å². The summed E-state index contributed by atoms with van der Waals surface area (Å²) < 4.78 is 5.30. The number of ether oxygens (including phenoxy) is 1. The summed E-state index contributed by atoms with van der Waals surface area (Å²) in [6.07, 6.45) is -0.235. The first-order valence-corrected chi connectivity index (χ1v) is 7.30. The Balaban J connectivity index is 2.06. The minimum absolute atomic E-state index is 0.115. The molecule has 1 aromatic rings. The van der Waals surface area contributed by atoms with Crippen LogP contribution >= 0.6 is 0 Å². The summed E-state index contributed by atoms with van der Waals surface area (Å²) in [7, 11) is 0. The van der Waals surface area contributed by atoms with Gasteiger partial charge in [0.25, 0.3) is 0 Å². The minimum atomic E-state index is -1.01. The third-order valence-corrected chi connectivity index (χ3v) is 3.36. The van der Waals surface area contributed by atoms with Crippen LogP contribution < -0.4 is 5.32 Å². The molecule has 0 bridgehead atoms. The van der Waals surface area contributed by atoms with Crippen LogP contribution in [-0.4, -0.2) is 46.3 Å². The van der Waals surface area contributed by atoms with Crippen molar-refractivity contribution in [2.45, 2.75) is 44.9 Å². The molecule has 0 radical (unpaired) electrons. The summed E-state index contributed by atoms with van der Waals surface area (Å²) in [4.78, 5) is 24.9. The van der Waals surface area contributed by atoms with Crippen LogP contribution in [0.2, 0.25) is 0 Å². The summed E-state index contributed by atoms with van der Waals surface area (Å²) >= 11 is 0. The van der Waals surface area contributed by atoms with Gasteiger partial charge in [-0.05, 0) is 32.9 Å². The van der Waals surface area contributed by atoms with E-state index in [4.69, 9.17) is 4.74 Å². The monoisotopic (exact) mass is 306 g/mol. The molecule has 1 aliphatic rings. The second kappa shape index (κ2) is 6.25. The molecule has 0 aliphatic carbocycles. The second-order valence-electron chi connectivity index (χ2n) is 6.43. The van der Waals surface area contributed by atoms with Gasteiger partial charge < -0.3 is 15.2 Å². The molecule has 0 saturated carbocycles. The smallest absolute Gasteiger partial charge is 0.411 e. The lowest BCUT2D eigenvalue weighted by molar-refractivity contribution is -0.142. The van der Waals surface area contributed by atoms with Crippen LogP contribution in [0.25, 0.3) is 0 Å². The molecule has 1 aliphatic heterocycles. The van der Waals surface area contributed by atoms with Crippen molar-refractivity contribution in [3.05, 3.63) is 30.3 Å². The van der Waals surface area contributed by atoms with Crippen LogP contribution in [0.3, 0.4) is 0 Å². The van der Waals surface area contributed by atoms with Gasteiger partial charge in [0.05, 0.1) is 0 Å². The van der Waals surface area contributed by atoms with Gasteiger partial charge in [0.1, 0.15) is 11.6 Å². The fourth-order valence-corrected chi connectivity index (χ4v) is 2.47. The van der Waals surface area contributed by atoms with E-state index >= 15 is 0 Å². The number of benzene rings is 1. The zero-order chi connectivity index (χ0) is 16.3. The van der Waals surface area contributed by atoms with Crippen LogP contribution in [0.4, 0.5) is 10.5 Å². The average molecular weight is 306 g/mol. The molecule has 22 heavy (non-hydrogen) atoms. The van der Waals surface area contributed by atoms with Crippen molar-refractivity contribution in [1.82, 2.24) is 4.90 Å². The molecular formula is C16H22N2O4. The summed E-state index contributed by atoms with van der Waals surface area (Å²) in [6.45, 7) is 5.59. The zero-order valence-electron chi connectivity index (χ0n) is 13.1. The van der Waals surface area contributed by atoms with Crippen molar-refractivity contribution in [3.8, 4) is 0 Å². The van der Waals surface area contributed by atoms with Gasteiger partial charge in [0, 0.05) is 24.7 Å². The van der Waals surface area contributed by atoms with E-state index in [0.29, 0.717) is 13.0 Å². The van der Waals surface area contributed by atoms with Crippen LogP contribution in [0, 0.1) is 0 Å². The predicted molar refractivity (Wildman–Crippen MR) is 82.8 cm³/mol. The summed E-state index contributed by atoms with van der Waals surface area (Å²) in [5, 5.41) is 12.6. The lowest BCUT2D eigenvalue weighted by Gasteiger charge is -2.26. The van der Waals surface area contributed by atoms with Gasteiger partial charge in [-0.25, -0.2) is 9.59 Å². The highest BCUT2D eigenvalue weighted by Crippen LogP contribution is 2.24. The van der Waals surface area contributed by atoms with Gasteiger partial charge >= 0.3 is 12.1 Å². The maximum absolute atomic E-state index is 12.2. The minimum Gasteiger partial charge on any atom is -0.480 e. The van der Waals surface area contributed by atoms with Crippen molar-refractivity contribution in [2.24, 2.45) is 0 Å². The van der Waals surface area contributed by atoms with E-state index in [0.717, 1.165) is 5.69 Å². The summed E-state index contributed by atoms with van der Waals surface area (Å²) in [5.41, 5.74) is 0.258. The Morgan fingerprint density at radius 1 is 1.27 bits per heavy atom. The fourth-order valence-electron chi connectivity index (χ4n) is 2.47. The second-order valence-corrected chi connectivity index (χ2v) is 6.43. The van der Waals surface area contributed by atoms with E-state index in [1.807, 2.05) is 30.3 Å². The third-order valence-electron chi connectivity index (χ3n) is 3.36. The largest absolute Gasteiger partial charge is 0.480 e. The summed E-state index contributed by atoms with van der Waals surface area (Å²) in [5.74, 6) is -1.01. The molecular weight excluding hydrogens is 284 g/mol. The maximum atomic E-state index is 12.2. The van der Waals surface area contributed by atoms with Crippen LogP contribution in [-0.2, 0) is 9.53 Å². The van der Waals surface area contributed by atoms with Crippen LogP contribution in [0.15, 0.2) is 30.3 Å². The Hall–Kier alpha value is -2.24. The normalized spacial score (nSPS) is 21.5. The number of carbonyl (C=O) groups excluding carboxylic acids is 1. The molecule has 1 saturated heterocycles. The number of hydrogen-bond donors (Lipinski definition) is 2. The highest BCUT2D eigenvalue weighted by molar-refractivity contribution is 5.81. The molecule has 6 nitrogen and oxygen atoms in total. The number of para-hydroxylation sites is 1. The molecule has 1 fully saturated rings. The number of rotatable bonds is 3. The number of aliphatic carboxylic acids is 1. The van der Waals surface area contributed by atoms with E-state index in [2.05, 4.69) is 5.32 Å². The van der Waals surface area contributed by atoms with E-state index in [1.54, 1.807) is 20.8 Å². The Kier molecular flexibility index (Phi) is 4.59. The van der Waals surface area contributed by atoms with Gasteiger partial charge in [0.15, 0.2) is 0 Å².